The lowest BCUT2D eigenvalue weighted by Crippen LogP contribution is -2.27. The first-order chi connectivity index (χ1) is 14.3. The highest BCUT2D eigenvalue weighted by atomic mass is 32.2. The van der Waals surface area contributed by atoms with Gasteiger partial charge in [0.05, 0.1) is 10.6 Å². The van der Waals surface area contributed by atoms with Crippen LogP contribution in [0.1, 0.15) is 19.4 Å². The number of nitrogens with zero attached hydrogens (tertiary/aromatic N) is 1. The van der Waals surface area contributed by atoms with E-state index in [1.165, 1.54) is 18.7 Å². The van der Waals surface area contributed by atoms with E-state index >= 15 is 0 Å². The Kier molecular flexibility index (Phi) is 6.53. The number of hydrogen-bond donors (Lipinski definition) is 2. The van der Waals surface area contributed by atoms with Gasteiger partial charge in [0.2, 0.25) is 5.91 Å². The Morgan fingerprint density at radius 3 is 2.50 bits per heavy atom. The van der Waals surface area contributed by atoms with Crippen molar-refractivity contribution in [3.63, 3.8) is 0 Å². The molecule has 0 bridgehead atoms. The quantitative estimate of drug-likeness (QED) is 0.517. The van der Waals surface area contributed by atoms with Gasteiger partial charge >= 0.3 is 5.97 Å². The van der Waals surface area contributed by atoms with E-state index in [0.29, 0.717) is 31.9 Å². The number of para-hydroxylation sites is 1. The molecule has 1 aliphatic heterocycles. The molecule has 1 fully saturated rings. The van der Waals surface area contributed by atoms with Crippen LogP contribution in [0.5, 0.6) is 5.75 Å². The molecular weight excluding hydrogens is 424 g/mol. The van der Waals surface area contributed by atoms with Crippen molar-refractivity contribution in [3.05, 3.63) is 59.0 Å². The first-order valence-corrected chi connectivity index (χ1v) is 10.1. The smallest absolute Gasteiger partial charge is 0.344 e. The Morgan fingerprint density at radius 2 is 1.87 bits per heavy atom. The van der Waals surface area contributed by atoms with Gasteiger partial charge in [0, 0.05) is 18.2 Å². The molecule has 2 amide bonds. The first kappa shape index (κ1) is 21.5. The number of carbonyl (C=O) groups is 3. The first-order valence-electron chi connectivity index (χ1n) is 8.90. The van der Waals surface area contributed by atoms with E-state index < -0.39 is 12.1 Å². The number of ether oxygens (including phenoxy) is 1. The Bertz CT molecular complexity index is 1050. The molecule has 3 rings (SSSR count). The molecular formula is C21H18N2O5S2. The number of hydrogen-bond acceptors (Lipinski definition) is 6. The highest BCUT2D eigenvalue weighted by Crippen LogP contribution is 2.37. The van der Waals surface area contributed by atoms with E-state index in [0.717, 1.165) is 11.8 Å². The van der Waals surface area contributed by atoms with Gasteiger partial charge in [-0.15, -0.1) is 0 Å². The molecule has 2 N–H and O–H groups in total. The van der Waals surface area contributed by atoms with Crippen molar-refractivity contribution in [2.75, 3.05) is 10.2 Å². The number of aliphatic carboxylic acids is 1. The summed E-state index contributed by atoms with van der Waals surface area (Å²) in [5.41, 5.74) is 1.78. The van der Waals surface area contributed by atoms with E-state index in [-0.39, 0.29) is 11.8 Å². The molecule has 2 aromatic carbocycles. The summed E-state index contributed by atoms with van der Waals surface area (Å²) in [7, 11) is 0. The molecule has 2 aromatic rings. The summed E-state index contributed by atoms with van der Waals surface area (Å²) >= 11 is 6.53. The molecule has 1 saturated heterocycles. The number of amides is 2. The normalized spacial score (nSPS) is 15.9. The average molecular weight is 443 g/mol. The van der Waals surface area contributed by atoms with Crippen LogP contribution in [-0.2, 0) is 14.4 Å². The summed E-state index contributed by atoms with van der Waals surface area (Å²) in [6.45, 7) is 2.85. The number of carbonyl (C=O) groups excluding carboxylic acids is 2. The minimum Gasteiger partial charge on any atom is -0.479 e. The third kappa shape index (κ3) is 4.87. The average Bonchev–Trinajstić information content (AvgIpc) is 2.97. The monoisotopic (exact) mass is 442 g/mol. The third-order valence-corrected chi connectivity index (χ3v) is 5.40. The fraction of sp³-hybridized carbons (Fsp3) is 0.143. The van der Waals surface area contributed by atoms with Crippen LogP contribution < -0.4 is 15.0 Å². The lowest BCUT2D eigenvalue weighted by Gasteiger charge is -2.15. The molecule has 0 saturated carbocycles. The van der Waals surface area contributed by atoms with Crippen molar-refractivity contribution in [3.8, 4) is 5.75 Å². The zero-order valence-electron chi connectivity index (χ0n) is 16.1. The number of nitrogens with one attached hydrogen (secondary N) is 1. The Balaban J connectivity index is 1.85. The molecule has 0 aromatic heterocycles. The summed E-state index contributed by atoms with van der Waals surface area (Å²) < 4.78 is 5.86. The number of anilines is 2. The van der Waals surface area contributed by atoms with Crippen molar-refractivity contribution in [1.29, 1.82) is 0 Å². The predicted molar refractivity (Wildman–Crippen MR) is 121 cm³/mol. The van der Waals surface area contributed by atoms with E-state index in [9.17, 15) is 14.4 Å². The van der Waals surface area contributed by atoms with Crippen molar-refractivity contribution < 1.29 is 24.2 Å². The molecule has 7 nitrogen and oxygen atoms in total. The van der Waals surface area contributed by atoms with Crippen LogP contribution in [0.4, 0.5) is 11.4 Å². The minimum absolute atomic E-state index is 0.186. The standard InChI is InChI=1S/C21H18N2O5S2/c1-12(20(26)27)28-17-6-4-3-5-14(17)11-18-19(25)23(21(29)30-18)16-9-7-15(8-10-16)22-13(2)24/h3-12H,1-2H3,(H,22,24)(H,26,27)/b18-11+. The van der Waals surface area contributed by atoms with Gasteiger partial charge < -0.3 is 15.2 Å². The van der Waals surface area contributed by atoms with Crippen molar-refractivity contribution in [2.45, 2.75) is 20.0 Å². The van der Waals surface area contributed by atoms with Gasteiger partial charge in [-0.3, -0.25) is 14.5 Å². The van der Waals surface area contributed by atoms with Gasteiger partial charge in [-0.25, -0.2) is 4.79 Å². The molecule has 154 valence electrons. The van der Waals surface area contributed by atoms with Gasteiger partial charge in [-0.05, 0) is 43.3 Å². The van der Waals surface area contributed by atoms with Crippen LogP contribution in [-0.4, -0.2) is 33.3 Å². The number of benzene rings is 2. The van der Waals surface area contributed by atoms with Crippen LogP contribution in [0, 0.1) is 0 Å². The maximum atomic E-state index is 13.0. The van der Waals surface area contributed by atoms with Crippen LogP contribution in [0.2, 0.25) is 0 Å². The van der Waals surface area contributed by atoms with Gasteiger partial charge in [-0.1, -0.05) is 42.2 Å². The van der Waals surface area contributed by atoms with Gasteiger partial charge in [0.1, 0.15) is 5.75 Å². The Morgan fingerprint density at radius 1 is 1.20 bits per heavy atom. The molecule has 1 atom stereocenters. The highest BCUT2D eigenvalue weighted by Gasteiger charge is 2.33. The van der Waals surface area contributed by atoms with Crippen molar-refractivity contribution >= 4 is 63.5 Å². The molecule has 1 heterocycles. The maximum absolute atomic E-state index is 13.0. The molecule has 1 aliphatic rings. The molecule has 1 unspecified atom stereocenters. The van der Waals surface area contributed by atoms with E-state index in [1.54, 1.807) is 54.6 Å². The SMILES string of the molecule is CC(=O)Nc1ccc(N2C(=O)/C(=C\c3ccccc3OC(C)C(=O)O)SC2=S)cc1. The molecule has 0 spiro atoms. The van der Waals surface area contributed by atoms with E-state index in [2.05, 4.69) is 5.32 Å². The second-order valence-electron chi connectivity index (χ2n) is 6.38. The maximum Gasteiger partial charge on any atom is 0.344 e. The molecule has 0 aliphatic carbocycles. The summed E-state index contributed by atoms with van der Waals surface area (Å²) in [6, 6.07) is 13.7. The number of rotatable bonds is 6. The molecule has 9 heteroatoms. The Labute approximate surface area is 182 Å². The van der Waals surface area contributed by atoms with Crippen LogP contribution in [0.3, 0.4) is 0 Å². The summed E-state index contributed by atoms with van der Waals surface area (Å²) in [5, 5.41) is 11.7. The largest absolute Gasteiger partial charge is 0.479 e. The summed E-state index contributed by atoms with van der Waals surface area (Å²) in [5.74, 6) is -1.20. The van der Waals surface area contributed by atoms with E-state index in [1.807, 2.05) is 0 Å². The second-order valence-corrected chi connectivity index (χ2v) is 8.06. The molecule has 0 radical (unpaired) electrons. The lowest BCUT2D eigenvalue weighted by molar-refractivity contribution is -0.144. The van der Waals surface area contributed by atoms with Crippen LogP contribution >= 0.6 is 24.0 Å². The predicted octanol–water partition coefficient (Wildman–Crippen LogP) is 3.90. The van der Waals surface area contributed by atoms with E-state index in [4.69, 9.17) is 22.1 Å². The number of carboxylic acid groups (broad SMARTS) is 1. The Hall–Kier alpha value is -3.17. The fourth-order valence-corrected chi connectivity index (χ4v) is 3.97. The third-order valence-electron chi connectivity index (χ3n) is 4.10. The second kappa shape index (κ2) is 9.10. The zero-order valence-corrected chi connectivity index (χ0v) is 17.8. The lowest BCUT2D eigenvalue weighted by atomic mass is 10.1. The van der Waals surface area contributed by atoms with Gasteiger partial charge in [-0.2, -0.15) is 0 Å². The minimum atomic E-state index is -1.08. The van der Waals surface area contributed by atoms with Crippen LogP contribution in [0.25, 0.3) is 6.08 Å². The van der Waals surface area contributed by atoms with Gasteiger partial charge in [0.15, 0.2) is 10.4 Å². The number of thiocarbonyl (C=S) groups is 1. The summed E-state index contributed by atoms with van der Waals surface area (Å²) in [6.07, 6.45) is 0.602. The summed E-state index contributed by atoms with van der Waals surface area (Å²) in [4.78, 5) is 37.0. The van der Waals surface area contributed by atoms with Crippen molar-refractivity contribution in [1.82, 2.24) is 0 Å². The zero-order chi connectivity index (χ0) is 21.8. The number of thioether (sulfide) groups is 1. The van der Waals surface area contributed by atoms with Crippen molar-refractivity contribution in [2.24, 2.45) is 0 Å². The van der Waals surface area contributed by atoms with Crippen LogP contribution in [0.15, 0.2) is 53.4 Å². The topological polar surface area (TPSA) is 95.9 Å². The van der Waals surface area contributed by atoms with Gasteiger partial charge in [0.25, 0.3) is 5.91 Å². The molecule has 30 heavy (non-hydrogen) atoms. The number of carboxylic acids is 1. The fourth-order valence-electron chi connectivity index (χ4n) is 2.68. The highest BCUT2D eigenvalue weighted by molar-refractivity contribution is 8.27.